The number of carbonyl (C=O) groups excluding carboxylic acids is 1. The van der Waals surface area contributed by atoms with Crippen molar-refractivity contribution in [1.29, 1.82) is 0 Å². The van der Waals surface area contributed by atoms with Crippen molar-refractivity contribution in [3.8, 4) is 0 Å². The van der Waals surface area contributed by atoms with Crippen LogP contribution in [0.2, 0.25) is 0 Å². The molecule has 0 saturated carbocycles. The first-order chi connectivity index (χ1) is 6.80. The third kappa shape index (κ3) is 1.82. The van der Waals surface area contributed by atoms with E-state index in [1.165, 1.54) is 18.2 Å². The van der Waals surface area contributed by atoms with Gasteiger partial charge in [0.05, 0.1) is 5.97 Å². The molecule has 15 heavy (non-hydrogen) atoms. The molecule has 1 atom stereocenters. The van der Waals surface area contributed by atoms with Crippen LogP contribution in [0, 0.1) is 0 Å². The number of carboxylic acid groups (broad SMARTS) is 1. The molecule has 0 radical (unpaired) electrons. The van der Waals surface area contributed by atoms with Crippen LogP contribution in [0.3, 0.4) is 0 Å². The van der Waals surface area contributed by atoms with Crippen molar-refractivity contribution in [2.45, 2.75) is 18.5 Å². The highest BCUT2D eigenvalue weighted by Gasteiger charge is 2.53. The van der Waals surface area contributed by atoms with Crippen LogP contribution in [0.25, 0.3) is 0 Å². The summed E-state index contributed by atoms with van der Waals surface area (Å²) in [6.07, 6.45) is -4.88. The lowest BCUT2D eigenvalue weighted by Gasteiger charge is -2.33. The second-order valence-electron chi connectivity index (χ2n) is 3.28. The van der Waals surface area contributed by atoms with Gasteiger partial charge in [-0.15, -0.1) is 0 Å². The van der Waals surface area contributed by atoms with Gasteiger partial charge >= 0.3 is 6.18 Å². The Balaban J connectivity index is 3.32. The predicted molar refractivity (Wildman–Crippen MR) is 44.9 cm³/mol. The maximum absolute atomic E-state index is 12.6. The first kappa shape index (κ1) is 11.6. The normalized spacial score (nSPS) is 15.7. The molecule has 0 aromatic heterocycles. The molecule has 0 saturated heterocycles. The Kier molecular flexibility index (Phi) is 2.75. The van der Waals surface area contributed by atoms with E-state index in [-0.39, 0.29) is 5.56 Å². The number of carboxylic acids is 1. The quantitative estimate of drug-likeness (QED) is 0.748. The number of hydrogen-bond acceptors (Lipinski definition) is 2. The van der Waals surface area contributed by atoms with Crippen molar-refractivity contribution in [2.24, 2.45) is 0 Å². The van der Waals surface area contributed by atoms with E-state index in [0.29, 0.717) is 6.92 Å². The molecular formula is C10H8F3O2-. The fourth-order valence-corrected chi connectivity index (χ4v) is 1.17. The van der Waals surface area contributed by atoms with E-state index in [1.54, 1.807) is 0 Å². The van der Waals surface area contributed by atoms with Crippen molar-refractivity contribution in [2.75, 3.05) is 0 Å². The first-order valence-electron chi connectivity index (χ1n) is 4.14. The number of hydrogen-bond donors (Lipinski definition) is 0. The predicted octanol–water partition coefficient (Wildman–Crippen LogP) is 1.26. The van der Waals surface area contributed by atoms with Gasteiger partial charge in [-0.25, -0.2) is 0 Å². The summed E-state index contributed by atoms with van der Waals surface area (Å²) >= 11 is 0. The molecule has 0 spiro atoms. The van der Waals surface area contributed by atoms with Gasteiger partial charge < -0.3 is 9.90 Å². The molecule has 0 unspecified atom stereocenters. The van der Waals surface area contributed by atoms with E-state index in [0.717, 1.165) is 12.1 Å². The average Bonchev–Trinajstić information content (AvgIpc) is 2.16. The number of halogens is 3. The molecule has 0 heterocycles. The Hall–Kier alpha value is -1.52. The van der Waals surface area contributed by atoms with Crippen LogP contribution in [0.4, 0.5) is 13.2 Å². The molecule has 0 N–H and O–H groups in total. The summed E-state index contributed by atoms with van der Waals surface area (Å²) in [7, 11) is 0. The summed E-state index contributed by atoms with van der Waals surface area (Å²) in [6.45, 7) is 0.595. The van der Waals surface area contributed by atoms with Gasteiger partial charge in [-0.3, -0.25) is 0 Å². The first-order valence-corrected chi connectivity index (χ1v) is 4.14. The third-order valence-electron chi connectivity index (χ3n) is 2.33. The highest BCUT2D eigenvalue weighted by molar-refractivity contribution is 5.80. The van der Waals surface area contributed by atoms with Gasteiger partial charge in [0.25, 0.3) is 0 Å². The van der Waals surface area contributed by atoms with Crippen molar-refractivity contribution >= 4 is 5.97 Å². The minimum Gasteiger partial charge on any atom is -0.549 e. The van der Waals surface area contributed by atoms with Crippen molar-refractivity contribution in [3.05, 3.63) is 35.9 Å². The molecule has 0 fully saturated rings. The second-order valence-corrected chi connectivity index (χ2v) is 3.28. The molecule has 82 valence electrons. The molecule has 1 aromatic carbocycles. The van der Waals surface area contributed by atoms with Crippen molar-refractivity contribution < 1.29 is 23.1 Å². The smallest absolute Gasteiger partial charge is 0.403 e. The number of benzene rings is 1. The molecule has 1 rings (SSSR count). The Morgan fingerprint density at radius 1 is 1.20 bits per heavy atom. The fraction of sp³-hybridized carbons (Fsp3) is 0.300. The maximum atomic E-state index is 12.6. The van der Waals surface area contributed by atoms with Crippen molar-refractivity contribution in [1.82, 2.24) is 0 Å². The third-order valence-corrected chi connectivity index (χ3v) is 2.33. The Morgan fingerprint density at radius 2 is 1.67 bits per heavy atom. The zero-order valence-corrected chi connectivity index (χ0v) is 7.84. The van der Waals surface area contributed by atoms with Crippen LogP contribution >= 0.6 is 0 Å². The number of alkyl halides is 3. The highest BCUT2D eigenvalue weighted by Crippen LogP contribution is 2.40. The minimum absolute atomic E-state index is 0.336. The summed E-state index contributed by atoms with van der Waals surface area (Å²) in [5, 5.41) is 10.6. The lowest BCUT2D eigenvalue weighted by atomic mass is 9.82. The van der Waals surface area contributed by atoms with Crippen LogP contribution in [-0.4, -0.2) is 12.1 Å². The van der Waals surface area contributed by atoms with Crippen molar-refractivity contribution in [3.63, 3.8) is 0 Å². The highest BCUT2D eigenvalue weighted by atomic mass is 19.4. The second kappa shape index (κ2) is 3.56. The summed E-state index contributed by atoms with van der Waals surface area (Å²) in [4.78, 5) is 10.6. The molecule has 0 aliphatic carbocycles. The van der Waals surface area contributed by atoms with Crippen LogP contribution in [0.1, 0.15) is 12.5 Å². The van der Waals surface area contributed by atoms with Crippen LogP contribution in [0.15, 0.2) is 30.3 Å². The topological polar surface area (TPSA) is 40.1 Å². The lowest BCUT2D eigenvalue weighted by molar-refractivity contribution is -0.329. The Morgan fingerprint density at radius 3 is 2.00 bits per heavy atom. The Bertz CT molecular complexity index is 359. The SMILES string of the molecule is C[C@](C(=O)[O-])(c1ccccc1)C(F)(F)F. The minimum atomic E-state index is -4.88. The maximum Gasteiger partial charge on any atom is 0.403 e. The number of rotatable bonds is 2. The monoisotopic (exact) mass is 217 g/mol. The summed E-state index contributed by atoms with van der Waals surface area (Å²) in [5.74, 6) is -2.15. The van der Waals surface area contributed by atoms with Crippen LogP contribution in [-0.2, 0) is 10.2 Å². The number of aliphatic carboxylic acids is 1. The van der Waals surface area contributed by atoms with Crippen LogP contribution in [0.5, 0.6) is 0 Å². The van der Waals surface area contributed by atoms with Gasteiger partial charge in [0, 0.05) is 0 Å². The molecule has 0 bridgehead atoms. The summed E-state index contributed by atoms with van der Waals surface area (Å²) in [6, 6.07) is 6.44. The van der Waals surface area contributed by atoms with E-state index >= 15 is 0 Å². The molecular weight excluding hydrogens is 209 g/mol. The summed E-state index contributed by atoms with van der Waals surface area (Å²) in [5.41, 5.74) is -3.30. The van der Waals surface area contributed by atoms with E-state index in [2.05, 4.69) is 0 Å². The van der Waals surface area contributed by atoms with E-state index in [9.17, 15) is 23.1 Å². The van der Waals surface area contributed by atoms with Gasteiger partial charge in [-0.05, 0) is 12.5 Å². The van der Waals surface area contributed by atoms with Gasteiger partial charge in [0.1, 0.15) is 5.41 Å². The van der Waals surface area contributed by atoms with E-state index in [4.69, 9.17) is 0 Å². The zero-order chi connectivity index (χ0) is 11.7. The molecule has 1 aromatic rings. The lowest BCUT2D eigenvalue weighted by Crippen LogP contribution is -2.53. The van der Waals surface area contributed by atoms with Crippen LogP contribution < -0.4 is 5.11 Å². The molecule has 0 aliphatic heterocycles. The van der Waals surface area contributed by atoms with Gasteiger partial charge in [-0.1, -0.05) is 30.3 Å². The molecule has 2 nitrogen and oxygen atoms in total. The fourth-order valence-electron chi connectivity index (χ4n) is 1.17. The average molecular weight is 217 g/mol. The van der Waals surface area contributed by atoms with Gasteiger partial charge in [-0.2, -0.15) is 13.2 Å². The molecule has 5 heteroatoms. The van der Waals surface area contributed by atoms with Gasteiger partial charge in [0.2, 0.25) is 0 Å². The molecule has 0 amide bonds. The van der Waals surface area contributed by atoms with E-state index < -0.39 is 17.6 Å². The largest absolute Gasteiger partial charge is 0.549 e. The molecule has 0 aliphatic rings. The van der Waals surface area contributed by atoms with Gasteiger partial charge in [0.15, 0.2) is 0 Å². The van der Waals surface area contributed by atoms with E-state index in [1.807, 2.05) is 0 Å². The summed E-state index contributed by atoms with van der Waals surface area (Å²) < 4.78 is 37.9. The Labute approximate surface area is 84.3 Å². The number of carbonyl (C=O) groups is 1. The zero-order valence-electron chi connectivity index (χ0n) is 7.84. The standard InChI is InChI=1S/C10H9F3O2/c1-9(8(14)15,10(11,12)13)7-5-3-2-4-6-7/h2-6H,1H3,(H,14,15)/p-1/t9-/m1/s1.